The molecule has 0 radical (unpaired) electrons. The van der Waals surface area contributed by atoms with E-state index in [1.165, 1.54) is 0 Å². The van der Waals surface area contributed by atoms with E-state index in [2.05, 4.69) is 5.32 Å². The summed E-state index contributed by atoms with van der Waals surface area (Å²) < 4.78 is 0. The Morgan fingerprint density at radius 3 is 2.78 bits per heavy atom. The molecule has 0 aromatic heterocycles. The Kier molecular flexibility index (Phi) is 1.98. The van der Waals surface area contributed by atoms with Crippen LogP contribution < -0.4 is 15.3 Å². The maximum Gasteiger partial charge on any atom is 0.255 e. The van der Waals surface area contributed by atoms with Crippen LogP contribution in [0, 0.1) is 0 Å². The van der Waals surface area contributed by atoms with Crippen molar-refractivity contribution in [2.24, 2.45) is 0 Å². The molecule has 1 N–H and O–H groups in total. The number of amides is 2. The highest BCUT2D eigenvalue weighted by atomic mass is 16.4. The van der Waals surface area contributed by atoms with Gasteiger partial charge in [-0.3, -0.25) is 14.5 Å². The van der Waals surface area contributed by atoms with Crippen LogP contribution in [0.5, 0.6) is 0 Å². The van der Waals surface area contributed by atoms with Gasteiger partial charge in [0.25, 0.3) is 5.91 Å². The zero-order chi connectivity index (χ0) is 12.9. The summed E-state index contributed by atoms with van der Waals surface area (Å²) in [6, 6.07) is 6.43. The number of carboxylic acids is 1. The normalized spacial score (nSPS) is 25.4. The lowest BCUT2D eigenvalue weighted by Crippen LogP contribution is -2.70. The number of benzene rings is 1. The summed E-state index contributed by atoms with van der Waals surface area (Å²) in [5, 5.41) is 13.7. The molecular formula is C12H9N2O4-. The fourth-order valence-corrected chi connectivity index (χ4v) is 2.54. The van der Waals surface area contributed by atoms with Gasteiger partial charge in [0.2, 0.25) is 5.91 Å². The topological polar surface area (TPSA) is 89.5 Å². The van der Waals surface area contributed by atoms with E-state index in [9.17, 15) is 19.5 Å². The smallest absolute Gasteiger partial charge is 0.255 e. The van der Waals surface area contributed by atoms with E-state index in [-0.39, 0.29) is 18.7 Å². The van der Waals surface area contributed by atoms with Gasteiger partial charge in [-0.05, 0) is 12.1 Å². The van der Waals surface area contributed by atoms with E-state index in [1.54, 1.807) is 24.3 Å². The molecule has 0 aliphatic carbocycles. The third-order valence-corrected chi connectivity index (χ3v) is 3.38. The van der Waals surface area contributed by atoms with Crippen molar-refractivity contribution < 1.29 is 19.5 Å². The molecule has 1 aromatic carbocycles. The molecule has 3 rings (SSSR count). The number of aliphatic carboxylic acids is 1. The van der Waals surface area contributed by atoms with E-state index in [4.69, 9.17) is 0 Å². The van der Waals surface area contributed by atoms with Gasteiger partial charge >= 0.3 is 0 Å². The maximum atomic E-state index is 11.9. The van der Waals surface area contributed by atoms with Gasteiger partial charge in [0.1, 0.15) is 0 Å². The van der Waals surface area contributed by atoms with Crippen LogP contribution in [0.3, 0.4) is 0 Å². The molecule has 6 nitrogen and oxygen atoms in total. The summed E-state index contributed by atoms with van der Waals surface area (Å²) in [5.74, 6) is -2.29. The summed E-state index contributed by atoms with van der Waals surface area (Å²) in [5.41, 5.74) is -1.11. The molecule has 1 atom stereocenters. The largest absolute Gasteiger partial charge is 0.545 e. The highest BCUT2D eigenvalue weighted by Crippen LogP contribution is 2.38. The number of carbonyl (C=O) groups is 3. The molecule has 0 spiro atoms. The number of hydrogen-bond acceptors (Lipinski definition) is 4. The number of para-hydroxylation sites is 1. The van der Waals surface area contributed by atoms with E-state index >= 15 is 0 Å². The lowest BCUT2D eigenvalue weighted by Gasteiger charge is -2.43. The predicted molar refractivity (Wildman–Crippen MR) is 58.4 cm³/mol. The fraction of sp³-hybridized carbons (Fsp3) is 0.250. The van der Waals surface area contributed by atoms with E-state index in [0.717, 1.165) is 4.90 Å². The molecule has 18 heavy (non-hydrogen) atoms. The summed E-state index contributed by atoms with van der Waals surface area (Å²) in [4.78, 5) is 36.2. The number of nitrogens with one attached hydrogen (secondary N) is 1. The number of nitrogens with zero attached hydrogens (tertiary/aromatic N) is 1. The zero-order valence-electron chi connectivity index (χ0n) is 9.30. The molecule has 2 aliphatic rings. The van der Waals surface area contributed by atoms with Crippen LogP contribution in [0.25, 0.3) is 0 Å². The number of hydrogen-bond donors (Lipinski definition) is 1. The molecule has 0 saturated carbocycles. The second-order valence-corrected chi connectivity index (χ2v) is 4.35. The zero-order valence-corrected chi connectivity index (χ0v) is 9.30. The first-order valence-electron chi connectivity index (χ1n) is 5.52. The summed E-state index contributed by atoms with van der Waals surface area (Å²) in [6.07, 6.45) is 0.0941. The molecule has 92 valence electrons. The van der Waals surface area contributed by atoms with Crippen molar-refractivity contribution in [2.75, 3.05) is 4.90 Å². The molecule has 2 aliphatic heterocycles. The second kappa shape index (κ2) is 3.32. The summed E-state index contributed by atoms with van der Waals surface area (Å²) >= 11 is 0. The third-order valence-electron chi connectivity index (χ3n) is 3.38. The molecule has 1 fully saturated rings. The molecule has 2 amide bonds. The van der Waals surface area contributed by atoms with Crippen molar-refractivity contribution in [3.63, 3.8) is 0 Å². The van der Waals surface area contributed by atoms with Crippen LogP contribution in [0.2, 0.25) is 0 Å². The van der Waals surface area contributed by atoms with Gasteiger partial charge in [-0.15, -0.1) is 0 Å². The minimum Gasteiger partial charge on any atom is -0.545 e. The van der Waals surface area contributed by atoms with Crippen LogP contribution in [0.15, 0.2) is 24.3 Å². The number of anilines is 1. The minimum absolute atomic E-state index is 0.0221. The van der Waals surface area contributed by atoms with Crippen molar-refractivity contribution >= 4 is 23.5 Å². The minimum atomic E-state index is -1.73. The van der Waals surface area contributed by atoms with Crippen LogP contribution in [-0.4, -0.2) is 23.4 Å². The Morgan fingerprint density at radius 2 is 2.06 bits per heavy atom. The SMILES string of the molecule is O=C1N[C@@]2(C(=O)[O-])CCC(=O)N2c2ccccc21. The van der Waals surface area contributed by atoms with E-state index in [1.807, 2.05) is 0 Å². The second-order valence-electron chi connectivity index (χ2n) is 4.35. The molecule has 1 saturated heterocycles. The van der Waals surface area contributed by atoms with Gasteiger partial charge in [-0.2, -0.15) is 0 Å². The molecule has 6 heteroatoms. The van der Waals surface area contributed by atoms with Crippen LogP contribution in [-0.2, 0) is 9.59 Å². The Hall–Kier alpha value is -2.37. The van der Waals surface area contributed by atoms with Gasteiger partial charge in [0.15, 0.2) is 5.66 Å². The van der Waals surface area contributed by atoms with Crippen LogP contribution in [0.1, 0.15) is 23.2 Å². The summed E-state index contributed by atoms with van der Waals surface area (Å²) in [7, 11) is 0. The summed E-state index contributed by atoms with van der Waals surface area (Å²) in [6.45, 7) is 0. The standard InChI is InChI=1S/C12H10N2O4/c15-9-5-6-12(11(17)18)13-10(16)7-3-1-2-4-8(7)14(9)12/h1-4H,5-6H2,(H,13,16)(H,17,18)/p-1/t12-/m0/s1. The average Bonchev–Trinajstić information content (AvgIpc) is 2.69. The number of fused-ring (bicyclic) bond motifs is 3. The number of carbonyl (C=O) groups excluding carboxylic acids is 3. The van der Waals surface area contributed by atoms with Crippen molar-refractivity contribution in [1.82, 2.24) is 5.32 Å². The Balaban J connectivity index is 2.25. The van der Waals surface area contributed by atoms with Gasteiger partial charge in [0, 0.05) is 12.8 Å². The third kappa shape index (κ3) is 1.14. The maximum absolute atomic E-state index is 11.9. The van der Waals surface area contributed by atoms with Gasteiger partial charge in [0.05, 0.1) is 17.2 Å². The first-order chi connectivity index (χ1) is 8.56. The van der Waals surface area contributed by atoms with Crippen molar-refractivity contribution in [1.29, 1.82) is 0 Å². The monoisotopic (exact) mass is 245 g/mol. The van der Waals surface area contributed by atoms with E-state index < -0.39 is 17.5 Å². The lowest BCUT2D eigenvalue weighted by atomic mass is 10.00. The first-order valence-corrected chi connectivity index (χ1v) is 5.52. The highest BCUT2D eigenvalue weighted by molar-refractivity contribution is 6.15. The van der Waals surface area contributed by atoms with Gasteiger partial charge < -0.3 is 15.2 Å². The van der Waals surface area contributed by atoms with E-state index in [0.29, 0.717) is 11.3 Å². The van der Waals surface area contributed by atoms with Gasteiger partial charge in [-0.25, -0.2) is 0 Å². The Labute approximate surface area is 102 Å². The predicted octanol–water partition coefficient (Wildman–Crippen LogP) is -0.997. The molecule has 0 bridgehead atoms. The fourth-order valence-electron chi connectivity index (χ4n) is 2.54. The van der Waals surface area contributed by atoms with Crippen molar-refractivity contribution in [3.8, 4) is 0 Å². The number of rotatable bonds is 1. The van der Waals surface area contributed by atoms with Crippen LogP contribution in [0.4, 0.5) is 5.69 Å². The molecular weight excluding hydrogens is 236 g/mol. The number of carboxylic acid groups (broad SMARTS) is 1. The van der Waals surface area contributed by atoms with Gasteiger partial charge in [-0.1, -0.05) is 12.1 Å². The Morgan fingerprint density at radius 1 is 1.33 bits per heavy atom. The van der Waals surface area contributed by atoms with Crippen LogP contribution >= 0.6 is 0 Å². The molecule has 0 unspecified atom stereocenters. The highest BCUT2D eigenvalue weighted by Gasteiger charge is 2.52. The molecule has 1 aromatic rings. The first kappa shape index (κ1) is 10.8. The Bertz CT molecular complexity index is 583. The average molecular weight is 245 g/mol. The quantitative estimate of drug-likeness (QED) is 0.687. The molecule has 2 heterocycles. The van der Waals surface area contributed by atoms with Crippen molar-refractivity contribution in [3.05, 3.63) is 29.8 Å². The lowest BCUT2D eigenvalue weighted by molar-refractivity contribution is -0.313. The van der Waals surface area contributed by atoms with Crippen molar-refractivity contribution in [2.45, 2.75) is 18.5 Å².